The van der Waals surface area contributed by atoms with Crippen LogP contribution < -0.4 is 5.32 Å². The second-order valence-electron chi connectivity index (χ2n) is 5.98. The summed E-state index contributed by atoms with van der Waals surface area (Å²) in [6.45, 7) is 2.42. The van der Waals surface area contributed by atoms with Crippen LogP contribution in [-0.4, -0.2) is 48.9 Å². The molecular weight excluding hydrogens is 327 g/mol. The first-order valence-corrected chi connectivity index (χ1v) is 7.99. The Morgan fingerprint density at radius 2 is 2.32 bits per heavy atom. The van der Waals surface area contributed by atoms with E-state index in [-0.39, 0.29) is 24.0 Å². The van der Waals surface area contributed by atoms with Gasteiger partial charge < -0.3 is 20.1 Å². The van der Waals surface area contributed by atoms with Gasteiger partial charge in [-0.15, -0.1) is 0 Å². The number of halogens is 2. The zero-order valence-electron chi connectivity index (χ0n) is 12.0. The zero-order chi connectivity index (χ0) is 15.7. The zero-order valence-corrected chi connectivity index (χ0v) is 13.5. The van der Waals surface area contributed by atoms with Gasteiger partial charge in [-0.1, -0.05) is 23.2 Å². The molecule has 0 spiro atoms. The van der Waals surface area contributed by atoms with Gasteiger partial charge >= 0.3 is 6.03 Å². The Hall–Kier alpha value is -1.01. The highest BCUT2D eigenvalue weighted by Gasteiger charge is 2.49. The molecule has 7 heteroatoms. The lowest BCUT2D eigenvalue weighted by atomic mass is 9.75. The molecule has 0 aliphatic carbocycles. The summed E-state index contributed by atoms with van der Waals surface area (Å²) in [6, 6.07) is 4.73. The van der Waals surface area contributed by atoms with Crippen molar-refractivity contribution in [2.75, 3.05) is 38.2 Å². The van der Waals surface area contributed by atoms with Crippen LogP contribution in [-0.2, 0) is 4.74 Å². The minimum absolute atomic E-state index is 0.0759. The summed E-state index contributed by atoms with van der Waals surface area (Å²) in [7, 11) is 0. The Kier molecular flexibility index (Phi) is 4.50. The van der Waals surface area contributed by atoms with Crippen LogP contribution in [0.1, 0.15) is 6.42 Å². The second kappa shape index (κ2) is 6.24. The number of rotatable bonds is 2. The van der Waals surface area contributed by atoms with Crippen molar-refractivity contribution >= 4 is 34.9 Å². The largest absolute Gasteiger partial charge is 0.396 e. The van der Waals surface area contributed by atoms with Gasteiger partial charge in [-0.05, 0) is 24.6 Å². The molecule has 1 aromatic carbocycles. The van der Waals surface area contributed by atoms with Gasteiger partial charge in [0.25, 0.3) is 0 Å². The van der Waals surface area contributed by atoms with E-state index in [4.69, 9.17) is 27.9 Å². The first kappa shape index (κ1) is 15.9. The number of aliphatic hydroxyl groups excluding tert-OH is 1. The number of urea groups is 1. The van der Waals surface area contributed by atoms with E-state index in [0.717, 1.165) is 6.42 Å². The number of nitrogens with one attached hydrogen (secondary N) is 1. The molecule has 2 amide bonds. The fraction of sp³-hybridized carbons (Fsp3) is 0.533. The molecule has 2 atom stereocenters. The van der Waals surface area contributed by atoms with Crippen LogP contribution >= 0.6 is 23.2 Å². The number of anilines is 1. The summed E-state index contributed by atoms with van der Waals surface area (Å²) in [4.78, 5) is 14.2. The third-order valence-electron chi connectivity index (χ3n) is 4.65. The van der Waals surface area contributed by atoms with E-state index in [1.807, 2.05) is 0 Å². The van der Waals surface area contributed by atoms with E-state index >= 15 is 0 Å². The molecule has 0 unspecified atom stereocenters. The standard InChI is InChI=1S/C15H18Cl2N2O3/c16-11-1-2-13(12(17)5-11)18-14(21)19-6-10-7-22-4-3-15(10,8-19)9-20/h1-2,5,10,20H,3-4,6-9H2,(H,18,21)/t10-,15-/m1/s1. The molecule has 2 N–H and O–H groups in total. The van der Waals surface area contributed by atoms with Gasteiger partial charge in [0, 0.05) is 36.1 Å². The smallest absolute Gasteiger partial charge is 0.321 e. The van der Waals surface area contributed by atoms with Crippen LogP contribution in [0.25, 0.3) is 0 Å². The molecule has 1 aromatic rings. The maximum absolute atomic E-state index is 12.5. The Balaban J connectivity index is 1.71. The summed E-state index contributed by atoms with van der Waals surface area (Å²) in [5.41, 5.74) is 0.291. The van der Waals surface area contributed by atoms with E-state index in [0.29, 0.717) is 42.0 Å². The minimum atomic E-state index is -0.237. The lowest BCUT2D eigenvalue weighted by Crippen LogP contribution is -2.41. The van der Waals surface area contributed by atoms with Crippen LogP contribution in [0.4, 0.5) is 10.5 Å². The highest BCUT2D eigenvalue weighted by atomic mass is 35.5. The number of likely N-dealkylation sites (tertiary alicyclic amines) is 1. The Morgan fingerprint density at radius 3 is 3.00 bits per heavy atom. The van der Waals surface area contributed by atoms with Gasteiger partial charge in [-0.25, -0.2) is 4.79 Å². The maximum Gasteiger partial charge on any atom is 0.321 e. The van der Waals surface area contributed by atoms with Crippen molar-refractivity contribution in [3.05, 3.63) is 28.2 Å². The monoisotopic (exact) mass is 344 g/mol. The average Bonchev–Trinajstić information content (AvgIpc) is 2.90. The van der Waals surface area contributed by atoms with Crippen molar-refractivity contribution in [3.63, 3.8) is 0 Å². The van der Waals surface area contributed by atoms with Crippen molar-refractivity contribution in [1.82, 2.24) is 4.90 Å². The highest BCUT2D eigenvalue weighted by Crippen LogP contribution is 2.42. The fourth-order valence-corrected chi connectivity index (χ4v) is 3.70. The van der Waals surface area contributed by atoms with Crippen molar-refractivity contribution < 1.29 is 14.6 Å². The normalized spacial score (nSPS) is 27.6. The van der Waals surface area contributed by atoms with Crippen LogP contribution in [0.2, 0.25) is 10.0 Å². The molecule has 5 nitrogen and oxygen atoms in total. The summed E-state index contributed by atoms with van der Waals surface area (Å²) < 4.78 is 5.48. The number of amides is 2. The molecule has 3 rings (SSSR count). The molecule has 2 aliphatic rings. The Labute approximate surface area is 139 Å². The number of hydrogen-bond donors (Lipinski definition) is 2. The number of hydrogen-bond acceptors (Lipinski definition) is 3. The molecule has 0 saturated carbocycles. The van der Waals surface area contributed by atoms with E-state index < -0.39 is 0 Å². The van der Waals surface area contributed by atoms with Gasteiger partial charge in [0.2, 0.25) is 0 Å². The first-order chi connectivity index (χ1) is 10.5. The molecule has 2 heterocycles. The second-order valence-corrected chi connectivity index (χ2v) is 6.82. The first-order valence-electron chi connectivity index (χ1n) is 7.24. The molecule has 0 aromatic heterocycles. The number of ether oxygens (including phenoxy) is 1. The Morgan fingerprint density at radius 1 is 1.50 bits per heavy atom. The van der Waals surface area contributed by atoms with Gasteiger partial charge in [0.1, 0.15) is 0 Å². The quantitative estimate of drug-likeness (QED) is 0.867. The predicted molar refractivity (Wildman–Crippen MR) is 85.5 cm³/mol. The summed E-state index contributed by atoms with van der Waals surface area (Å²) >= 11 is 11.9. The number of carbonyl (C=O) groups excluding carboxylic acids is 1. The van der Waals surface area contributed by atoms with Crippen LogP contribution in [0.5, 0.6) is 0 Å². The topological polar surface area (TPSA) is 61.8 Å². The predicted octanol–water partition coefficient (Wildman–Crippen LogP) is 2.86. The van der Waals surface area contributed by atoms with Crippen molar-refractivity contribution in [1.29, 1.82) is 0 Å². The molecule has 22 heavy (non-hydrogen) atoms. The van der Waals surface area contributed by atoms with Gasteiger partial charge in [0.15, 0.2) is 0 Å². The SMILES string of the molecule is O=C(Nc1ccc(Cl)cc1Cl)N1C[C@@H]2COCC[C@]2(CO)C1. The molecule has 2 saturated heterocycles. The minimum Gasteiger partial charge on any atom is -0.396 e. The number of fused-ring (bicyclic) bond motifs is 1. The molecule has 2 fully saturated rings. The van der Waals surface area contributed by atoms with Crippen LogP contribution in [0.3, 0.4) is 0 Å². The van der Waals surface area contributed by atoms with Crippen molar-refractivity contribution in [3.8, 4) is 0 Å². The lowest BCUT2D eigenvalue weighted by molar-refractivity contribution is -0.0415. The summed E-state index contributed by atoms with van der Waals surface area (Å²) in [6.07, 6.45) is 0.777. The Bertz CT molecular complexity index is 584. The van der Waals surface area contributed by atoms with E-state index in [2.05, 4.69) is 5.32 Å². The molecular formula is C15H18Cl2N2O3. The van der Waals surface area contributed by atoms with Crippen LogP contribution in [0, 0.1) is 11.3 Å². The fourth-order valence-electron chi connectivity index (χ4n) is 3.25. The average molecular weight is 345 g/mol. The van der Waals surface area contributed by atoms with Crippen molar-refractivity contribution in [2.24, 2.45) is 11.3 Å². The number of aliphatic hydroxyl groups is 1. The number of nitrogens with zero attached hydrogens (tertiary/aromatic N) is 1. The molecule has 120 valence electrons. The third-order valence-corrected chi connectivity index (χ3v) is 5.20. The van der Waals surface area contributed by atoms with E-state index in [1.54, 1.807) is 23.1 Å². The summed E-state index contributed by atoms with van der Waals surface area (Å²) in [5.74, 6) is 0.178. The van der Waals surface area contributed by atoms with E-state index in [9.17, 15) is 9.90 Å². The molecule has 0 bridgehead atoms. The maximum atomic E-state index is 12.5. The highest BCUT2D eigenvalue weighted by molar-refractivity contribution is 6.36. The third kappa shape index (κ3) is 2.91. The number of benzene rings is 1. The molecule has 0 radical (unpaired) electrons. The molecule has 2 aliphatic heterocycles. The van der Waals surface area contributed by atoms with Gasteiger partial charge in [0.05, 0.1) is 23.9 Å². The van der Waals surface area contributed by atoms with E-state index in [1.165, 1.54) is 0 Å². The van der Waals surface area contributed by atoms with Gasteiger partial charge in [-0.3, -0.25) is 0 Å². The van der Waals surface area contributed by atoms with Crippen molar-refractivity contribution in [2.45, 2.75) is 6.42 Å². The summed E-state index contributed by atoms with van der Waals surface area (Å²) in [5, 5.41) is 13.5. The van der Waals surface area contributed by atoms with Gasteiger partial charge in [-0.2, -0.15) is 0 Å². The van der Waals surface area contributed by atoms with Crippen LogP contribution in [0.15, 0.2) is 18.2 Å². The lowest BCUT2D eigenvalue weighted by Gasteiger charge is -2.36. The number of carbonyl (C=O) groups is 1.